The maximum absolute atomic E-state index is 10.8. The Morgan fingerprint density at radius 3 is 2.48 bits per heavy atom. The van der Waals surface area contributed by atoms with Crippen molar-refractivity contribution >= 4 is 8.32 Å². The molecule has 1 saturated heterocycles. The van der Waals surface area contributed by atoms with Crippen molar-refractivity contribution in [2.24, 2.45) is 17.8 Å². The fourth-order valence-electron chi connectivity index (χ4n) is 5.09. The standard InChI is InChI=1S/C26H38O4Si/c1-25(2,3)31(4,5)30-20(17-19-9-7-6-8-10-19)11-12-21-22-18-26(28-15-16-29-26)23(22)13-14-24(21)27/h6-10,20-24,27H,13-18H2,1-5H3/t20-,21-,22-,23+,24-/m1/s1. The lowest BCUT2D eigenvalue weighted by atomic mass is 9.56. The summed E-state index contributed by atoms with van der Waals surface area (Å²) in [6.07, 6.45) is 2.80. The number of aliphatic hydroxyl groups is 1. The molecule has 1 aromatic carbocycles. The molecule has 1 aromatic rings. The van der Waals surface area contributed by atoms with E-state index in [4.69, 9.17) is 13.9 Å². The van der Waals surface area contributed by atoms with Gasteiger partial charge in [0.1, 0.15) is 6.10 Å². The Bertz CT molecular complexity index is 813. The molecule has 5 heteroatoms. The molecule has 0 unspecified atom stereocenters. The van der Waals surface area contributed by atoms with Crippen molar-refractivity contribution in [1.82, 2.24) is 0 Å². The lowest BCUT2D eigenvalue weighted by Crippen LogP contribution is -2.60. The summed E-state index contributed by atoms with van der Waals surface area (Å²) in [5.41, 5.74) is 1.23. The van der Waals surface area contributed by atoms with E-state index in [0.717, 1.165) is 25.7 Å². The highest BCUT2D eigenvalue weighted by Gasteiger charge is 2.62. The van der Waals surface area contributed by atoms with E-state index in [1.807, 2.05) is 6.07 Å². The predicted octanol–water partition coefficient (Wildman–Crippen LogP) is 4.77. The van der Waals surface area contributed by atoms with Crippen LogP contribution in [0.4, 0.5) is 0 Å². The van der Waals surface area contributed by atoms with Crippen LogP contribution in [0.15, 0.2) is 30.3 Å². The summed E-state index contributed by atoms with van der Waals surface area (Å²) in [5, 5.41) is 10.9. The van der Waals surface area contributed by atoms with Crippen molar-refractivity contribution in [2.45, 2.75) is 82.6 Å². The lowest BCUT2D eigenvalue weighted by molar-refractivity contribution is -0.296. The van der Waals surface area contributed by atoms with Gasteiger partial charge in [-0.05, 0) is 42.5 Å². The number of benzene rings is 1. The lowest BCUT2D eigenvalue weighted by Gasteiger charge is -2.56. The van der Waals surface area contributed by atoms with E-state index in [1.54, 1.807) is 0 Å². The second kappa shape index (κ2) is 8.65. The summed E-state index contributed by atoms with van der Waals surface area (Å²) in [6.45, 7) is 12.7. The molecule has 0 bridgehead atoms. The SMILES string of the molecule is CC(C)(C)[Si](C)(C)O[C@H](C#C[C@@H]1[C@H]2CC3(OCCO3)[C@H]2CC[C@H]1O)Cc1ccccc1. The Kier molecular flexibility index (Phi) is 6.42. The molecule has 1 heterocycles. The third-order valence-electron chi connectivity index (χ3n) is 7.95. The number of aliphatic hydroxyl groups excluding tert-OH is 1. The third-order valence-corrected chi connectivity index (χ3v) is 12.4. The van der Waals surface area contributed by atoms with Crippen molar-refractivity contribution in [2.75, 3.05) is 13.2 Å². The minimum Gasteiger partial charge on any atom is -0.403 e. The molecule has 4 rings (SSSR count). The van der Waals surface area contributed by atoms with Crippen molar-refractivity contribution in [3.05, 3.63) is 35.9 Å². The fourth-order valence-corrected chi connectivity index (χ4v) is 6.30. The second-order valence-corrected chi connectivity index (χ2v) is 15.8. The minimum atomic E-state index is -1.97. The molecule has 3 aliphatic rings. The molecule has 2 aliphatic carbocycles. The van der Waals surface area contributed by atoms with Crippen molar-refractivity contribution in [1.29, 1.82) is 0 Å². The quantitative estimate of drug-likeness (QED) is 0.539. The van der Waals surface area contributed by atoms with Crippen molar-refractivity contribution in [3.63, 3.8) is 0 Å². The van der Waals surface area contributed by atoms with Crippen LogP contribution in [0.2, 0.25) is 18.1 Å². The van der Waals surface area contributed by atoms with Crippen LogP contribution >= 0.6 is 0 Å². The van der Waals surface area contributed by atoms with Crippen LogP contribution in [0.3, 0.4) is 0 Å². The van der Waals surface area contributed by atoms with Crippen molar-refractivity contribution < 1.29 is 19.0 Å². The number of fused-ring (bicyclic) bond motifs is 2. The number of hydrogen-bond acceptors (Lipinski definition) is 4. The molecule has 0 amide bonds. The molecular formula is C26H38O4Si. The average molecular weight is 443 g/mol. The van der Waals surface area contributed by atoms with Gasteiger partial charge < -0.3 is 19.0 Å². The van der Waals surface area contributed by atoms with Gasteiger partial charge in [0.15, 0.2) is 14.1 Å². The fraction of sp³-hybridized carbons (Fsp3) is 0.692. The van der Waals surface area contributed by atoms with E-state index in [0.29, 0.717) is 25.0 Å². The highest BCUT2D eigenvalue weighted by atomic mass is 28.4. The zero-order chi connectivity index (χ0) is 22.3. The first-order chi connectivity index (χ1) is 14.6. The summed E-state index contributed by atoms with van der Waals surface area (Å²) >= 11 is 0. The van der Waals surface area contributed by atoms with E-state index in [1.165, 1.54) is 5.56 Å². The summed E-state index contributed by atoms with van der Waals surface area (Å²) in [6, 6.07) is 10.4. The highest BCUT2D eigenvalue weighted by molar-refractivity contribution is 6.74. The molecule has 1 spiro atoms. The highest BCUT2D eigenvalue weighted by Crippen LogP contribution is 2.57. The maximum atomic E-state index is 10.8. The topological polar surface area (TPSA) is 47.9 Å². The van der Waals surface area contributed by atoms with Crippen LogP contribution in [-0.2, 0) is 20.3 Å². The maximum Gasteiger partial charge on any atom is 0.193 e. The van der Waals surface area contributed by atoms with Crippen LogP contribution in [-0.4, -0.2) is 44.6 Å². The van der Waals surface area contributed by atoms with E-state index < -0.39 is 14.1 Å². The van der Waals surface area contributed by atoms with Crippen LogP contribution in [0.25, 0.3) is 0 Å². The van der Waals surface area contributed by atoms with Crippen molar-refractivity contribution in [3.8, 4) is 11.8 Å². The zero-order valence-corrected chi connectivity index (χ0v) is 20.7. The van der Waals surface area contributed by atoms with Gasteiger partial charge in [-0.3, -0.25) is 0 Å². The molecule has 1 N–H and O–H groups in total. The Labute approximate surface area is 188 Å². The van der Waals surface area contributed by atoms with Gasteiger partial charge in [-0.1, -0.05) is 62.9 Å². The van der Waals surface area contributed by atoms with Gasteiger partial charge in [-0.2, -0.15) is 0 Å². The first kappa shape index (κ1) is 23.0. The minimum absolute atomic E-state index is 0.0292. The summed E-state index contributed by atoms with van der Waals surface area (Å²) in [7, 11) is -1.97. The monoisotopic (exact) mass is 442 g/mol. The Hall–Kier alpha value is -1.16. The second-order valence-electron chi connectivity index (χ2n) is 11.0. The smallest absolute Gasteiger partial charge is 0.193 e. The van der Waals surface area contributed by atoms with E-state index in [9.17, 15) is 5.11 Å². The zero-order valence-electron chi connectivity index (χ0n) is 19.7. The molecular weight excluding hydrogens is 404 g/mol. The predicted molar refractivity (Wildman–Crippen MR) is 125 cm³/mol. The number of hydrogen-bond donors (Lipinski definition) is 1. The van der Waals surface area contributed by atoms with Crippen LogP contribution < -0.4 is 0 Å². The summed E-state index contributed by atoms with van der Waals surface area (Å²) < 4.78 is 18.7. The molecule has 170 valence electrons. The number of rotatable bonds is 4. The molecule has 31 heavy (non-hydrogen) atoms. The molecule has 2 saturated carbocycles. The van der Waals surface area contributed by atoms with Gasteiger partial charge in [0.2, 0.25) is 0 Å². The van der Waals surface area contributed by atoms with Crippen LogP contribution in [0, 0.1) is 29.6 Å². The van der Waals surface area contributed by atoms with Crippen LogP contribution in [0.5, 0.6) is 0 Å². The average Bonchev–Trinajstić information content (AvgIpc) is 3.18. The van der Waals surface area contributed by atoms with E-state index >= 15 is 0 Å². The van der Waals surface area contributed by atoms with Crippen LogP contribution in [0.1, 0.15) is 45.6 Å². The van der Waals surface area contributed by atoms with Gasteiger partial charge in [0, 0.05) is 24.7 Å². The van der Waals surface area contributed by atoms with Gasteiger partial charge >= 0.3 is 0 Å². The Morgan fingerprint density at radius 2 is 1.84 bits per heavy atom. The van der Waals surface area contributed by atoms with Gasteiger partial charge in [-0.15, -0.1) is 0 Å². The van der Waals surface area contributed by atoms with Gasteiger partial charge in [-0.25, -0.2) is 0 Å². The molecule has 0 radical (unpaired) electrons. The van der Waals surface area contributed by atoms with Gasteiger partial charge in [0.05, 0.1) is 19.3 Å². The summed E-state index contributed by atoms with van der Waals surface area (Å²) in [4.78, 5) is 0. The molecule has 5 atom stereocenters. The molecule has 1 aliphatic heterocycles. The Balaban J connectivity index is 1.53. The van der Waals surface area contributed by atoms with E-state index in [-0.39, 0.29) is 23.2 Å². The van der Waals surface area contributed by atoms with E-state index in [2.05, 4.69) is 70.0 Å². The first-order valence-corrected chi connectivity index (χ1v) is 14.7. The Morgan fingerprint density at radius 1 is 1.16 bits per heavy atom. The first-order valence-electron chi connectivity index (χ1n) is 11.8. The molecule has 4 nitrogen and oxygen atoms in total. The molecule has 0 aromatic heterocycles. The normalized spacial score (nSPS) is 30.8. The van der Waals surface area contributed by atoms with Gasteiger partial charge in [0.25, 0.3) is 0 Å². The third kappa shape index (κ3) is 4.65. The summed E-state index contributed by atoms with van der Waals surface area (Å²) in [5.74, 6) is 7.24. The number of ether oxygens (including phenoxy) is 2. The molecule has 3 fully saturated rings. The largest absolute Gasteiger partial charge is 0.403 e.